The van der Waals surface area contributed by atoms with Crippen molar-refractivity contribution in [3.8, 4) is 0 Å². The SMILES string of the molecule is CCC(CC)C(O)CNC(=O)NCc1nc(C(C)(C)C)cs1. The van der Waals surface area contributed by atoms with E-state index in [-0.39, 0.29) is 23.9 Å². The van der Waals surface area contributed by atoms with E-state index < -0.39 is 6.10 Å². The van der Waals surface area contributed by atoms with E-state index in [4.69, 9.17) is 0 Å². The van der Waals surface area contributed by atoms with Crippen LogP contribution < -0.4 is 10.6 Å². The Morgan fingerprint density at radius 2 is 1.95 bits per heavy atom. The number of aromatic nitrogens is 1. The molecule has 1 aromatic heterocycles. The van der Waals surface area contributed by atoms with Crippen LogP contribution in [0.5, 0.6) is 0 Å². The quantitative estimate of drug-likeness (QED) is 0.720. The Balaban J connectivity index is 2.36. The summed E-state index contributed by atoms with van der Waals surface area (Å²) in [6.07, 6.45) is 1.33. The number of carbonyl (C=O) groups is 1. The van der Waals surface area contributed by atoms with Crippen LogP contribution in [0.15, 0.2) is 5.38 Å². The third-order valence-corrected chi connectivity index (χ3v) is 4.63. The van der Waals surface area contributed by atoms with Crippen molar-refractivity contribution in [2.45, 2.75) is 65.5 Å². The molecule has 0 aliphatic carbocycles. The number of aliphatic hydroxyl groups excluding tert-OH is 1. The van der Waals surface area contributed by atoms with Crippen molar-refractivity contribution in [2.24, 2.45) is 5.92 Å². The Bertz CT molecular complexity index is 464. The van der Waals surface area contributed by atoms with Gasteiger partial charge in [-0.15, -0.1) is 11.3 Å². The number of hydrogen-bond donors (Lipinski definition) is 3. The number of rotatable bonds is 7. The molecule has 0 radical (unpaired) electrons. The van der Waals surface area contributed by atoms with Gasteiger partial charge >= 0.3 is 6.03 Å². The highest BCUT2D eigenvalue weighted by Gasteiger charge is 2.18. The molecule has 0 saturated heterocycles. The van der Waals surface area contributed by atoms with E-state index in [1.54, 1.807) is 11.3 Å². The molecule has 6 heteroatoms. The van der Waals surface area contributed by atoms with E-state index in [1.165, 1.54) is 0 Å². The number of thiazole rings is 1. The number of nitrogens with one attached hydrogen (secondary N) is 2. The molecule has 22 heavy (non-hydrogen) atoms. The summed E-state index contributed by atoms with van der Waals surface area (Å²) in [4.78, 5) is 16.3. The van der Waals surface area contributed by atoms with Crippen molar-refractivity contribution < 1.29 is 9.90 Å². The fourth-order valence-electron chi connectivity index (χ4n) is 2.15. The van der Waals surface area contributed by atoms with Crippen LogP contribution in [0.2, 0.25) is 0 Å². The minimum atomic E-state index is -0.492. The lowest BCUT2D eigenvalue weighted by Crippen LogP contribution is -2.41. The van der Waals surface area contributed by atoms with Crippen LogP contribution in [0.3, 0.4) is 0 Å². The lowest BCUT2D eigenvalue weighted by atomic mass is 9.93. The first kappa shape index (κ1) is 18.9. The molecular weight excluding hydrogens is 298 g/mol. The smallest absolute Gasteiger partial charge is 0.315 e. The topological polar surface area (TPSA) is 74.2 Å². The average Bonchev–Trinajstić information content (AvgIpc) is 2.93. The molecule has 2 amide bonds. The van der Waals surface area contributed by atoms with Gasteiger partial charge in [0.1, 0.15) is 5.01 Å². The molecule has 5 nitrogen and oxygen atoms in total. The minimum Gasteiger partial charge on any atom is -0.391 e. The predicted molar refractivity (Wildman–Crippen MR) is 91.1 cm³/mol. The average molecular weight is 327 g/mol. The van der Waals surface area contributed by atoms with Crippen molar-refractivity contribution in [1.82, 2.24) is 15.6 Å². The zero-order valence-corrected chi connectivity index (χ0v) is 15.1. The lowest BCUT2D eigenvalue weighted by molar-refractivity contribution is 0.103. The zero-order valence-electron chi connectivity index (χ0n) is 14.3. The first-order chi connectivity index (χ1) is 10.3. The van der Waals surface area contributed by atoms with Crippen molar-refractivity contribution >= 4 is 17.4 Å². The van der Waals surface area contributed by atoms with Crippen LogP contribution in [0.25, 0.3) is 0 Å². The van der Waals surface area contributed by atoms with Gasteiger partial charge in [-0.3, -0.25) is 0 Å². The summed E-state index contributed by atoms with van der Waals surface area (Å²) in [5.74, 6) is 0.230. The second-order valence-electron chi connectivity index (χ2n) is 6.58. The van der Waals surface area contributed by atoms with Gasteiger partial charge < -0.3 is 15.7 Å². The van der Waals surface area contributed by atoms with Crippen molar-refractivity contribution in [1.29, 1.82) is 0 Å². The van der Waals surface area contributed by atoms with Crippen LogP contribution >= 0.6 is 11.3 Å². The van der Waals surface area contributed by atoms with E-state index in [2.05, 4.69) is 36.4 Å². The molecular formula is C16H29N3O2S. The molecule has 0 bridgehead atoms. The Hall–Kier alpha value is -1.14. The Labute approximate surface area is 137 Å². The number of carbonyl (C=O) groups excluding carboxylic acids is 1. The van der Waals surface area contributed by atoms with Gasteiger partial charge in [0.15, 0.2) is 0 Å². The first-order valence-corrected chi connectivity index (χ1v) is 8.80. The highest BCUT2D eigenvalue weighted by molar-refractivity contribution is 7.09. The molecule has 1 atom stereocenters. The summed E-state index contributed by atoms with van der Waals surface area (Å²) < 4.78 is 0. The molecule has 1 unspecified atom stereocenters. The van der Waals surface area contributed by atoms with Gasteiger partial charge in [-0.05, 0) is 5.92 Å². The maximum atomic E-state index is 11.8. The highest BCUT2D eigenvalue weighted by Crippen LogP contribution is 2.23. The molecule has 0 spiro atoms. The second kappa shape index (κ2) is 8.48. The summed E-state index contributed by atoms with van der Waals surface area (Å²) in [5, 5.41) is 18.4. The van der Waals surface area contributed by atoms with Gasteiger partial charge in [-0.25, -0.2) is 9.78 Å². The number of hydrogen-bond acceptors (Lipinski definition) is 4. The first-order valence-electron chi connectivity index (χ1n) is 7.92. The van der Waals surface area contributed by atoms with Gasteiger partial charge in [0.25, 0.3) is 0 Å². The number of amides is 2. The lowest BCUT2D eigenvalue weighted by Gasteiger charge is -2.20. The number of aliphatic hydroxyl groups is 1. The second-order valence-corrected chi connectivity index (χ2v) is 7.53. The molecule has 1 aromatic rings. The molecule has 0 aliphatic heterocycles. The Morgan fingerprint density at radius 3 is 2.45 bits per heavy atom. The van der Waals surface area contributed by atoms with Crippen molar-refractivity contribution in [3.63, 3.8) is 0 Å². The Morgan fingerprint density at radius 1 is 1.32 bits per heavy atom. The largest absolute Gasteiger partial charge is 0.391 e. The molecule has 0 saturated carbocycles. The molecule has 0 aromatic carbocycles. The van der Waals surface area contributed by atoms with E-state index in [9.17, 15) is 9.90 Å². The third kappa shape index (κ3) is 5.93. The fraction of sp³-hybridized carbons (Fsp3) is 0.750. The maximum Gasteiger partial charge on any atom is 0.315 e. The Kier molecular flexibility index (Phi) is 7.29. The summed E-state index contributed by atoms with van der Waals surface area (Å²) in [7, 11) is 0. The van der Waals surface area contributed by atoms with Crippen LogP contribution in [-0.2, 0) is 12.0 Å². The van der Waals surface area contributed by atoms with Crippen LogP contribution in [-0.4, -0.2) is 28.8 Å². The van der Waals surface area contributed by atoms with Gasteiger partial charge in [0.2, 0.25) is 0 Å². The zero-order chi connectivity index (χ0) is 16.8. The van der Waals surface area contributed by atoms with Crippen molar-refractivity contribution in [3.05, 3.63) is 16.1 Å². The molecule has 1 heterocycles. The van der Waals surface area contributed by atoms with Gasteiger partial charge in [0.05, 0.1) is 18.3 Å². The molecule has 0 aliphatic rings. The van der Waals surface area contributed by atoms with Crippen LogP contribution in [0, 0.1) is 5.92 Å². The van der Waals surface area contributed by atoms with E-state index in [0.29, 0.717) is 6.54 Å². The van der Waals surface area contributed by atoms with Crippen LogP contribution in [0.1, 0.15) is 58.2 Å². The summed E-state index contributed by atoms with van der Waals surface area (Å²) >= 11 is 1.55. The maximum absolute atomic E-state index is 11.8. The van der Waals surface area contributed by atoms with Crippen LogP contribution in [0.4, 0.5) is 4.79 Å². The third-order valence-electron chi connectivity index (χ3n) is 3.79. The standard InChI is InChI=1S/C16H29N3O2S/c1-6-11(7-2)12(20)8-17-15(21)18-9-14-19-13(10-22-14)16(3,4)5/h10-12,20H,6-9H2,1-5H3,(H2,17,18,21). The molecule has 3 N–H and O–H groups in total. The molecule has 1 rings (SSSR count). The highest BCUT2D eigenvalue weighted by atomic mass is 32.1. The summed E-state index contributed by atoms with van der Waals surface area (Å²) in [6, 6.07) is -0.266. The van der Waals surface area contributed by atoms with E-state index >= 15 is 0 Å². The normalized spacial score (nSPS) is 13.2. The fourth-order valence-corrected chi connectivity index (χ4v) is 3.11. The number of nitrogens with zero attached hydrogens (tertiary/aromatic N) is 1. The number of urea groups is 1. The minimum absolute atomic E-state index is 0.0242. The van der Waals surface area contributed by atoms with E-state index in [0.717, 1.165) is 23.5 Å². The monoisotopic (exact) mass is 327 g/mol. The van der Waals surface area contributed by atoms with Crippen molar-refractivity contribution in [2.75, 3.05) is 6.54 Å². The van der Waals surface area contributed by atoms with Gasteiger partial charge in [-0.2, -0.15) is 0 Å². The summed E-state index contributed by atoms with van der Waals surface area (Å²) in [6.45, 7) is 11.1. The summed E-state index contributed by atoms with van der Waals surface area (Å²) in [5.41, 5.74) is 1.06. The molecule has 0 fully saturated rings. The predicted octanol–water partition coefficient (Wildman–Crippen LogP) is 3.04. The molecule has 126 valence electrons. The van der Waals surface area contributed by atoms with Gasteiger partial charge in [-0.1, -0.05) is 47.5 Å². The van der Waals surface area contributed by atoms with E-state index in [1.807, 2.05) is 19.2 Å². The van der Waals surface area contributed by atoms with Gasteiger partial charge in [0, 0.05) is 17.3 Å².